The summed E-state index contributed by atoms with van der Waals surface area (Å²) in [6.45, 7) is 2.68. The number of aromatic hydroxyl groups is 1. The van der Waals surface area contributed by atoms with E-state index in [4.69, 9.17) is 0 Å². The topological polar surface area (TPSA) is 166 Å². The molecule has 0 unspecified atom stereocenters. The summed E-state index contributed by atoms with van der Waals surface area (Å²) in [5.41, 5.74) is 1.22. The molecular weight excluding hydrogens is 482 g/mol. The molecule has 4 N–H and O–H groups in total. The highest BCUT2D eigenvalue weighted by molar-refractivity contribution is 7.86. The Morgan fingerprint density at radius 3 is 2.00 bits per heavy atom. The number of azo groups is 1. The van der Waals surface area contributed by atoms with Crippen molar-refractivity contribution in [3.63, 3.8) is 0 Å². The van der Waals surface area contributed by atoms with Crippen LogP contribution in [0.2, 0.25) is 0 Å². The van der Waals surface area contributed by atoms with E-state index in [-0.39, 0.29) is 16.5 Å². The molecule has 0 amide bonds. The van der Waals surface area contributed by atoms with Gasteiger partial charge in [-0.05, 0) is 42.6 Å². The third kappa shape index (κ3) is 4.56. The zero-order valence-corrected chi connectivity index (χ0v) is 19.3. The number of phenolic OH excluding ortho intramolecular Hbond substituents is 1. The number of phenols is 1. The smallest absolute Gasteiger partial charge is 0.294 e. The first-order valence-corrected chi connectivity index (χ1v) is 12.8. The lowest BCUT2D eigenvalue weighted by molar-refractivity contribution is 0.471. The second-order valence-electron chi connectivity index (χ2n) is 7.34. The lowest BCUT2D eigenvalue weighted by Crippen LogP contribution is -2.00. The van der Waals surface area contributed by atoms with Gasteiger partial charge in [-0.1, -0.05) is 24.3 Å². The SMILES string of the molecule is CCNc1ccc(N=Nc2cc(S(=O)(=O)O)cc3cc(S(=O)(=O)O)cc(O)c23)c2ccccc12. The number of fused-ring (bicyclic) bond motifs is 2. The second kappa shape index (κ2) is 8.65. The zero-order valence-electron chi connectivity index (χ0n) is 17.7. The van der Waals surface area contributed by atoms with Gasteiger partial charge >= 0.3 is 0 Å². The van der Waals surface area contributed by atoms with E-state index in [1.54, 1.807) is 6.07 Å². The van der Waals surface area contributed by atoms with Gasteiger partial charge in [0.1, 0.15) is 5.75 Å². The molecule has 0 aromatic heterocycles. The van der Waals surface area contributed by atoms with Crippen molar-refractivity contribution in [2.45, 2.75) is 16.7 Å². The number of nitrogens with zero attached hydrogens (tertiary/aromatic N) is 2. The molecular formula is C22H19N3O7S2. The van der Waals surface area contributed by atoms with Crippen LogP contribution < -0.4 is 5.32 Å². The Morgan fingerprint density at radius 2 is 1.38 bits per heavy atom. The molecule has 0 aliphatic heterocycles. The van der Waals surface area contributed by atoms with Crippen molar-refractivity contribution in [3.8, 4) is 5.75 Å². The number of anilines is 1. The van der Waals surface area contributed by atoms with Gasteiger partial charge in [-0.15, -0.1) is 10.2 Å². The third-order valence-electron chi connectivity index (χ3n) is 5.08. The first-order chi connectivity index (χ1) is 16.0. The summed E-state index contributed by atoms with van der Waals surface area (Å²) in [6, 6.07) is 14.7. The number of nitrogens with one attached hydrogen (secondary N) is 1. The molecule has 4 aromatic rings. The van der Waals surface area contributed by atoms with Gasteiger partial charge < -0.3 is 10.4 Å². The summed E-state index contributed by atoms with van der Waals surface area (Å²) >= 11 is 0. The Bertz CT molecular complexity index is 1680. The molecule has 0 fully saturated rings. The van der Waals surface area contributed by atoms with Crippen molar-refractivity contribution >= 4 is 58.8 Å². The monoisotopic (exact) mass is 501 g/mol. The van der Waals surface area contributed by atoms with Crippen LogP contribution in [0.25, 0.3) is 21.5 Å². The molecule has 0 aliphatic carbocycles. The maximum atomic E-state index is 11.8. The number of rotatable bonds is 6. The van der Waals surface area contributed by atoms with Crippen LogP contribution in [-0.2, 0) is 20.2 Å². The predicted octanol–water partition coefficient (Wildman–Crippen LogP) is 5.04. The Hall–Kier alpha value is -3.58. The van der Waals surface area contributed by atoms with Crippen molar-refractivity contribution < 1.29 is 31.0 Å². The van der Waals surface area contributed by atoms with Crippen LogP contribution in [0.5, 0.6) is 5.75 Å². The largest absolute Gasteiger partial charge is 0.507 e. The Balaban J connectivity index is 1.95. The molecule has 4 aromatic carbocycles. The van der Waals surface area contributed by atoms with Crippen LogP contribution in [0.3, 0.4) is 0 Å². The minimum Gasteiger partial charge on any atom is -0.507 e. The molecule has 176 valence electrons. The van der Waals surface area contributed by atoms with Crippen LogP contribution in [0, 0.1) is 0 Å². The fourth-order valence-corrected chi connectivity index (χ4v) is 4.69. The highest BCUT2D eigenvalue weighted by atomic mass is 32.2. The van der Waals surface area contributed by atoms with Gasteiger partial charge in [0.15, 0.2) is 0 Å². The molecule has 0 spiro atoms. The Morgan fingerprint density at radius 1 is 0.794 bits per heavy atom. The van der Waals surface area contributed by atoms with Gasteiger partial charge in [-0.3, -0.25) is 9.11 Å². The fraction of sp³-hybridized carbons (Fsp3) is 0.0909. The summed E-state index contributed by atoms with van der Waals surface area (Å²) in [5, 5.41) is 23.6. The molecule has 34 heavy (non-hydrogen) atoms. The van der Waals surface area contributed by atoms with Crippen molar-refractivity contribution in [1.29, 1.82) is 0 Å². The minimum atomic E-state index is -4.71. The minimum absolute atomic E-state index is 0.0166. The summed E-state index contributed by atoms with van der Waals surface area (Å²) in [6.07, 6.45) is 0. The van der Waals surface area contributed by atoms with E-state index in [0.29, 0.717) is 12.2 Å². The Labute approximate surface area is 195 Å². The lowest BCUT2D eigenvalue weighted by atomic mass is 10.1. The summed E-state index contributed by atoms with van der Waals surface area (Å²) < 4.78 is 65.5. The molecule has 0 heterocycles. The first kappa shape index (κ1) is 23.6. The maximum Gasteiger partial charge on any atom is 0.294 e. The van der Waals surface area contributed by atoms with Crippen molar-refractivity contribution in [2.75, 3.05) is 11.9 Å². The first-order valence-electron chi connectivity index (χ1n) is 9.92. The van der Waals surface area contributed by atoms with Crippen LogP contribution in [-0.4, -0.2) is 37.6 Å². The van der Waals surface area contributed by atoms with Crippen LogP contribution >= 0.6 is 0 Å². The summed E-state index contributed by atoms with van der Waals surface area (Å²) in [5.74, 6) is -0.576. The van der Waals surface area contributed by atoms with Gasteiger partial charge in [-0.2, -0.15) is 16.8 Å². The lowest BCUT2D eigenvalue weighted by Gasteiger charge is -2.10. The molecule has 0 saturated carbocycles. The molecule has 0 radical (unpaired) electrons. The average molecular weight is 502 g/mol. The standard InChI is InChI=1S/C22H19N3O7S2/c1-2-23-18-7-8-19(17-6-4-3-5-16(17)18)24-25-20-11-14(33(27,28)29)9-13-10-15(34(30,31)32)12-21(26)22(13)20/h3-12,23,26H,2H2,1H3,(H,27,28,29)(H,30,31,32). The molecule has 0 atom stereocenters. The molecule has 12 heteroatoms. The van der Waals surface area contributed by atoms with E-state index in [2.05, 4.69) is 15.5 Å². The molecule has 0 aliphatic rings. The van der Waals surface area contributed by atoms with Gasteiger partial charge in [0, 0.05) is 29.1 Å². The highest BCUT2D eigenvalue weighted by Gasteiger charge is 2.20. The van der Waals surface area contributed by atoms with E-state index in [9.17, 15) is 31.0 Å². The van der Waals surface area contributed by atoms with Crippen LogP contribution in [0.4, 0.5) is 17.1 Å². The predicted molar refractivity (Wildman–Crippen MR) is 128 cm³/mol. The number of hydrogen-bond acceptors (Lipinski definition) is 8. The van der Waals surface area contributed by atoms with Gasteiger partial charge in [-0.25, -0.2) is 0 Å². The van der Waals surface area contributed by atoms with E-state index in [1.807, 2.05) is 37.3 Å². The van der Waals surface area contributed by atoms with Crippen molar-refractivity contribution in [1.82, 2.24) is 0 Å². The van der Waals surface area contributed by atoms with Crippen LogP contribution in [0.15, 0.2) is 80.7 Å². The van der Waals surface area contributed by atoms with Crippen molar-refractivity contribution in [2.24, 2.45) is 10.2 Å². The third-order valence-corrected chi connectivity index (χ3v) is 6.75. The fourth-order valence-electron chi connectivity index (χ4n) is 3.62. The molecule has 4 rings (SSSR count). The maximum absolute atomic E-state index is 11.8. The van der Waals surface area contributed by atoms with Crippen LogP contribution in [0.1, 0.15) is 6.92 Å². The zero-order chi connectivity index (χ0) is 24.7. The molecule has 0 saturated heterocycles. The molecule has 0 bridgehead atoms. The average Bonchev–Trinajstić information content (AvgIpc) is 2.77. The second-order valence-corrected chi connectivity index (χ2v) is 10.2. The number of hydrogen-bond donors (Lipinski definition) is 4. The van der Waals surface area contributed by atoms with Gasteiger partial charge in [0.05, 0.1) is 26.6 Å². The van der Waals surface area contributed by atoms with E-state index >= 15 is 0 Å². The summed E-state index contributed by atoms with van der Waals surface area (Å²) in [4.78, 5) is -1.24. The highest BCUT2D eigenvalue weighted by Crippen LogP contribution is 2.39. The van der Waals surface area contributed by atoms with E-state index < -0.39 is 35.8 Å². The number of benzene rings is 4. The van der Waals surface area contributed by atoms with Gasteiger partial charge in [0.2, 0.25) is 0 Å². The van der Waals surface area contributed by atoms with Crippen molar-refractivity contribution in [3.05, 3.63) is 60.7 Å². The molecule has 10 nitrogen and oxygen atoms in total. The van der Waals surface area contributed by atoms with Gasteiger partial charge in [0.25, 0.3) is 20.2 Å². The van der Waals surface area contributed by atoms with E-state index in [0.717, 1.165) is 40.7 Å². The van der Waals surface area contributed by atoms with E-state index in [1.165, 1.54) is 0 Å². The summed E-state index contributed by atoms with van der Waals surface area (Å²) in [7, 11) is -9.41. The Kier molecular flexibility index (Phi) is 6.00. The quantitative estimate of drug-likeness (QED) is 0.211. The normalized spacial score (nSPS) is 12.6.